The topological polar surface area (TPSA) is 66.6 Å². The fourth-order valence-electron chi connectivity index (χ4n) is 4.67. The molecular formula is C24H24N2O3S. The maximum atomic E-state index is 12.9. The Balaban J connectivity index is 1.57. The molecule has 2 atom stereocenters. The van der Waals surface area contributed by atoms with E-state index >= 15 is 0 Å². The molecule has 5 nitrogen and oxygen atoms in total. The van der Waals surface area contributed by atoms with E-state index in [9.17, 15) is 9.90 Å². The summed E-state index contributed by atoms with van der Waals surface area (Å²) in [5, 5.41) is 12.0. The highest BCUT2D eigenvalue weighted by molar-refractivity contribution is 7.21. The van der Waals surface area contributed by atoms with E-state index in [0.717, 1.165) is 28.7 Å². The van der Waals surface area contributed by atoms with Crippen LogP contribution in [0.15, 0.2) is 51.7 Å². The number of aromatic nitrogens is 1. The number of thiazole rings is 1. The van der Waals surface area contributed by atoms with E-state index in [1.54, 1.807) is 12.1 Å². The van der Waals surface area contributed by atoms with Gasteiger partial charge in [0.25, 0.3) is 0 Å². The summed E-state index contributed by atoms with van der Waals surface area (Å²) < 4.78 is 6.81. The number of fused-ring (bicyclic) bond motifs is 2. The third kappa shape index (κ3) is 3.50. The van der Waals surface area contributed by atoms with Gasteiger partial charge in [-0.1, -0.05) is 26.0 Å². The summed E-state index contributed by atoms with van der Waals surface area (Å²) in [6.45, 7) is 7.05. The van der Waals surface area contributed by atoms with Crippen LogP contribution in [0.25, 0.3) is 31.8 Å². The van der Waals surface area contributed by atoms with Crippen molar-refractivity contribution in [1.82, 2.24) is 9.88 Å². The second-order valence-electron chi connectivity index (χ2n) is 8.56. The molecule has 1 N–H and O–H groups in total. The number of likely N-dealkylation sites (tertiary alicyclic amines) is 1. The molecule has 4 aromatic rings. The largest absolute Gasteiger partial charge is 0.507 e. The molecule has 0 aliphatic carbocycles. The van der Waals surface area contributed by atoms with E-state index in [0.29, 0.717) is 40.1 Å². The monoisotopic (exact) mass is 420 g/mol. The molecule has 1 aliphatic heterocycles. The number of benzene rings is 2. The van der Waals surface area contributed by atoms with Crippen molar-refractivity contribution >= 4 is 32.5 Å². The molecular weight excluding hydrogens is 396 g/mol. The minimum atomic E-state index is -0.422. The molecule has 2 unspecified atom stereocenters. The fourth-order valence-corrected chi connectivity index (χ4v) is 5.64. The number of hydrogen-bond donors (Lipinski definition) is 1. The van der Waals surface area contributed by atoms with Crippen molar-refractivity contribution in [2.75, 3.05) is 13.1 Å². The molecule has 0 saturated carbocycles. The Bertz CT molecular complexity index is 1250. The molecule has 6 heteroatoms. The second kappa shape index (κ2) is 7.52. The van der Waals surface area contributed by atoms with Gasteiger partial charge in [-0.15, -0.1) is 11.3 Å². The van der Waals surface area contributed by atoms with E-state index in [-0.39, 0.29) is 5.75 Å². The predicted octanol–water partition coefficient (Wildman–Crippen LogP) is 5.25. The molecule has 1 fully saturated rings. The molecule has 2 aromatic heterocycles. The average Bonchev–Trinajstić information content (AvgIpc) is 3.13. The lowest BCUT2D eigenvalue weighted by Crippen LogP contribution is -2.38. The normalized spacial score (nSPS) is 20.2. The van der Waals surface area contributed by atoms with Gasteiger partial charge in [0.1, 0.15) is 16.3 Å². The van der Waals surface area contributed by atoms with Crippen LogP contribution >= 0.6 is 11.3 Å². The summed E-state index contributed by atoms with van der Waals surface area (Å²) in [6, 6.07) is 13.2. The zero-order valence-corrected chi connectivity index (χ0v) is 17.9. The van der Waals surface area contributed by atoms with Crippen molar-refractivity contribution < 1.29 is 9.52 Å². The van der Waals surface area contributed by atoms with Gasteiger partial charge in [0.2, 0.25) is 0 Å². The van der Waals surface area contributed by atoms with Gasteiger partial charge in [0, 0.05) is 25.0 Å². The predicted molar refractivity (Wildman–Crippen MR) is 121 cm³/mol. The highest BCUT2D eigenvalue weighted by Crippen LogP contribution is 2.33. The minimum absolute atomic E-state index is 0.171. The Hall–Kier alpha value is -2.70. The van der Waals surface area contributed by atoms with Crippen molar-refractivity contribution in [3.8, 4) is 16.3 Å². The Morgan fingerprint density at radius 2 is 1.93 bits per heavy atom. The lowest BCUT2D eigenvalue weighted by molar-refractivity contribution is 0.133. The SMILES string of the molecule is CC1CC(C)CN(Cc2c(O)ccc3cc(-c4nc5ccccc5s4)c(=O)oc23)C1. The van der Waals surface area contributed by atoms with Crippen molar-refractivity contribution in [3.05, 3.63) is 58.4 Å². The van der Waals surface area contributed by atoms with Crippen molar-refractivity contribution in [2.45, 2.75) is 26.8 Å². The van der Waals surface area contributed by atoms with Crippen LogP contribution in [0.4, 0.5) is 0 Å². The molecule has 30 heavy (non-hydrogen) atoms. The number of phenols is 1. The average molecular weight is 421 g/mol. The Labute approximate surface area is 178 Å². The first-order chi connectivity index (χ1) is 14.5. The second-order valence-corrected chi connectivity index (χ2v) is 9.59. The Morgan fingerprint density at radius 1 is 1.17 bits per heavy atom. The van der Waals surface area contributed by atoms with Gasteiger partial charge in [-0.3, -0.25) is 4.90 Å². The maximum Gasteiger partial charge on any atom is 0.346 e. The molecule has 2 aromatic carbocycles. The van der Waals surface area contributed by atoms with Gasteiger partial charge < -0.3 is 9.52 Å². The van der Waals surface area contributed by atoms with E-state index in [2.05, 4.69) is 23.7 Å². The van der Waals surface area contributed by atoms with E-state index in [1.807, 2.05) is 30.3 Å². The van der Waals surface area contributed by atoms with Crippen LogP contribution in [0.2, 0.25) is 0 Å². The molecule has 0 radical (unpaired) electrons. The van der Waals surface area contributed by atoms with E-state index in [1.165, 1.54) is 17.8 Å². The van der Waals surface area contributed by atoms with Crippen LogP contribution in [-0.2, 0) is 6.54 Å². The molecule has 1 aliphatic rings. The summed E-state index contributed by atoms with van der Waals surface area (Å²) in [7, 11) is 0. The molecule has 154 valence electrons. The van der Waals surface area contributed by atoms with Crippen molar-refractivity contribution in [3.63, 3.8) is 0 Å². The number of piperidine rings is 1. The molecule has 5 rings (SSSR count). The van der Waals surface area contributed by atoms with Crippen molar-refractivity contribution in [2.24, 2.45) is 11.8 Å². The van der Waals surface area contributed by atoms with Crippen LogP contribution in [0.5, 0.6) is 5.75 Å². The molecule has 3 heterocycles. The van der Waals surface area contributed by atoms with Gasteiger partial charge in [-0.25, -0.2) is 9.78 Å². The molecule has 0 amide bonds. The lowest BCUT2D eigenvalue weighted by Gasteiger charge is -2.35. The van der Waals surface area contributed by atoms with Crippen LogP contribution in [-0.4, -0.2) is 28.1 Å². The Morgan fingerprint density at radius 3 is 2.70 bits per heavy atom. The summed E-state index contributed by atoms with van der Waals surface area (Å²) in [5.41, 5.74) is 2.06. The molecule has 0 bridgehead atoms. The smallest absolute Gasteiger partial charge is 0.346 e. The van der Waals surface area contributed by atoms with Gasteiger partial charge in [0.15, 0.2) is 0 Å². The van der Waals surface area contributed by atoms with Gasteiger partial charge in [-0.05, 0) is 48.6 Å². The highest BCUT2D eigenvalue weighted by Gasteiger charge is 2.24. The van der Waals surface area contributed by atoms with Gasteiger partial charge in [-0.2, -0.15) is 0 Å². The minimum Gasteiger partial charge on any atom is -0.507 e. The number of nitrogens with zero attached hydrogens (tertiary/aromatic N) is 2. The summed E-state index contributed by atoms with van der Waals surface area (Å²) in [5.74, 6) is 1.40. The van der Waals surface area contributed by atoms with Crippen molar-refractivity contribution in [1.29, 1.82) is 0 Å². The summed E-state index contributed by atoms with van der Waals surface area (Å²) >= 11 is 1.48. The third-order valence-corrected chi connectivity index (χ3v) is 6.90. The first kappa shape index (κ1) is 19.3. The fraction of sp³-hybridized carbons (Fsp3) is 0.333. The number of rotatable bonds is 3. The van der Waals surface area contributed by atoms with Crippen LogP contribution in [0.1, 0.15) is 25.8 Å². The quantitative estimate of drug-likeness (QED) is 0.458. The summed E-state index contributed by atoms with van der Waals surface area (Å²) in [4.78, 5) is 19.8. The number of hydrogen-bond acceptors (Lipinski definition) is 6. The van der Waals surface area contributed by atoms with Gasteiger partial charge >= 0.3 is 5.63 Å². The highest BCUT2D eigenvalue weighted by atomic mass is 32.1. The van der Waals surface area contributed by atoms with Crippen LogP contribution < -0.4 is 5.63 Å². The van der Waals surface area contributed by atoms with Crippen LogP contribution in [0, 0.1) is 11.8 Å². The number of aromatic hydroxyl groups is 1. The maximum absolute atomic E-state index is 12.9. The van der Waals surface area contributed by atoms with E-state index in [4.69, 9.17) is 4.42 Å². The molecule has 1 saturated heterocycles. The zero-order valence-electron chi connectivity index (χ0n) is 17.1. The number of para-hydroxylation sites is 1. The molecule has 0 spiro atoms. The van der Waals surface area contributed by atoms with Gasteiger partial charge in [0.05, 0.1) is 21.3 Å². The standard InChI is InChI=1S/C24H24N2O3S/c1-14-9-15(2)12-26(11-14)13-18-20(27)8-7-16-10-17(24(28)29-22(16)18)23-25-19-5-3-4-6-21(19)30-23/h3-8,10,14-15,27H,9,11-13H2,1-2H3. The summed E-state index contributed by atoms with van der Waals surface area (Å²) in [6.07, 6.45) is 1.22. The number of phenolic OH excluding ortho intramolecular Hbond substituents is 1. The lowest BCUT2D eigenvalue weighted by atomic mass is 9.91. The first-order valence-electron chi connectivity index (χ1n) is 10.3. The third-order valence-electron chi connectivity index (χ3n) is 5.83. The Kier molecular flexibility index (Phi) is 4.83. The zero-order chi connectivity index (χ0) is 20.8. The van der Waals surface area contributed by atoms with Crippen LogP contribution in [0.3, 0.4) is 0 Å². The van der Waals surface area contributed by atoms with E-state index < -0.39 is 5.63 Å². The first-order valence-corrected chi connectivity index (χ1v) is 11.2.